The SMILES string of the molecule is CC(c1cc2c3c(c1)CCN3C(=O)CC2)(N1C=NCC1)n1ccnc1. The maximum atomic E-state index is 12.2. The third-order valence-corrected chi connectivity index (χ3v) is 5.86. The van der Waals surface area contributed by atoms with Crippen molar-refractivity contribution >= 4 is 17.9 Å². The molecule has 6 heteroatoms. The largest absolute Gasteiger partial charge is 0.334 e. The fourth-order valence-electron chi connectivity index (χ4n) is 4.42. The number of aryl methyl sites for hydroxylation is 1. The van der Waals surface area contributed by atoms with Crippen molar-refractivity contribution in [3.05, 3.63) is 47.5 Å². The van der Waals surface area contributed by atoms with Crippen LogP contribution in [0.15, 0.2) is 35.8 Å². The van der Waals surface area contributed by atoms with Crippen LogP contribution < -0.4 is 4.90 Å². The van der Waals surface area contributed by atoms with Crippen molar-refractivity contribution < 1.29 is 4.79 Å². The van der Waals surface area contributed by atoms with Gasteiger partial charge in [-0.2, -0.15) is 0 Å². The summed E-state index contributed by atoms with van der Waals surface area (Å²) in [6.45, 7) is 4.76. The molecular formula is C19H21N5O. The highest BCUT2D eigenvalue weighted by Crippen LogP contribution is 2.41. The van der Waals surface area contributed by atoms with Crippen molar-refractivity contribution in [2.24, 2.45) is 4.99 Å². The normalized spacial score (nSPS) is 20.9. The Labute approximate surface area is 146 Å². The summed E-state index contributed by atoms with van der Waals surface area (Å²) in [5.74, 6) is 0.267. The van der Waals surface area contributed by atoms with Gasteiger partial charge in [-0.3, -0.25) is 9.79 Å². The average molecular weight is 335 g/mol. The van der Waals surface area contributed by atoms with Crippen molar-refractivity contribution in [2.45, 2.75) is 31.8 Å². The van der Waals surface area contributed by atoms with Crippen LogP contribution in [0.25, 0.3) is 0 Å². The van der Waals surface area contributed by atoms with Crippen LogP contribution in [0, 0.1) is 0 Å². The monoisotopic (exact) mass is 335 g/mol. The van der Waals surface area contributed by atoms with Crippen LogP contribution in [0.1, 0.15) is 30.0 Å². The molecule has 0 aliphatic carbocycles. The Morgan fingerprint density at radius 2 is 1.96 bits per heavy atom. The number of carbonyl (C=O) groups is 1. The number of hydrogen-bond donors (Lipinski definition) is 0. The number of aliphatic imine (C=N–C) groups is 1. The summed E-state index contributed by atoms with van der Waals surface area (Å²) in [4.78, 5) is 25.1. The lowest BCUT2D eigenvalue weighted by Gasteiger charge is -2.40. The minimum atomic E-state index is -0.364. The molecule has 0 N–H and O–H groups in total. The molecular weight excluding hydrogens is 314 g/mol. The number of carbonyl (C=O) groups excluding carboxylic acids is 1. The van der Waals surface area contributed by atoms with Gasteiger partial charge in [0, 0.05) is 31.9 Å². The molecule has 0 bridgehead atoms. The molecule has 0 spiro atoms. The number of nitrogens with zero attached hydrogens (tertiary/aromatic N) is 5. The van der Waals surface area contributed by atoms with Crippen LogP contribution in [0.3, 0.4) is 0 Å². The molecule has 3 aliphatic rings. The topological polar surface area (TPSA) is 53.7 Å². The first-order valence-corrected chi connectivity index (χ1v) is 8.90. The van der Waals surface area contributed by atoms with Gasteiger partial charge in [0.15, 0.2) is 0 Å². The van der Waals surface area contributed by atoms with Gasteiger partial charge in [-0.15, -0.1) is 0 Å². The Morgan fingerprint density at radius 3 is 2.68 bits per heavy atom. The van der Waals surface area contributed by atoms with E-state index in [1.807, 2.05) is 30.0 Å². The number of imidazole rings is 1. The van der Waals surface area contributed by atoms with E-state index in [-0.39, 0.29) is 11.6 Å². The average Bonchev–Trinajstić information content (AvgIpc) is 3.39. The lowest BCUT2D eigenvalue weighted by Crippen LogP contribution is -2.47. The van der Waals surface area contributed by atoms with Gasteiger partial charge in [0.25, 0.3) is 0 Å². The van der Waals surface area contributed by atoms with Gasteiger partial charge in [0.2, 0.25) is 5.91 Å². The zero-order valence-electron chi connectivity index (χ0n) is 14.4. The Bertz CT molecular complexity index is 872. The molecule has 1 atom stereocenters. The minimum Gasteiger partial charge on any atom is -0.334 e. The van der Waals surface area contributed by atoms with Crippen molar-refractivity contribution in [1.29, 1.82) is 0 Å². The van der Waals surface area contributed by atoms with E-state index < -0.39 is 0 Å². The summed E-state index contributed by atoms with van der Waals surface area (Å²) in [6, 6.07) is 4.57. The zero-order chi connectivity index (χ0) is 17.0. The first kappa shape index (κ1) is 14.7. The zero-order valence-corrected chi connectivity index (χ0v) is 14.4. The van der Waals surface area contributed by atoms with Crippen LogP contribution >= 0.6 is 0 Å². The molecule has 4 heterocycles. The summed E-state index contributed by atoms with van der Waals surface area (Å²) in [5.41, 5.74) is 4.64. The first-order chi connectivity index (χ1) is 12.2. The first-order valence-electron chi connectivity index (χ1n) is 8.90. The molecule has 6 nitrogen and oxygen atoms in total. The summed E-state index contributed by atoms with van der Waals surface area (Å²) < 4.78 is 2.15. The summed E-state index contributed by atoms with van der Waals surface area (Å²) in [7, 11) is 0. The smallest absolute Gasteiger partial charge is 0.227 e. The molecule has 1 aromatic heterocycles. The van der Waals surface area contributed by atoms with Crippen LogP contribution in [0.5, 0.6) is 0 Å². The standard InChI is InChI=1S/C19H21N5O/c1-19(22-8-5-20-12-22,23-9-6-21-13-23)16-10-14-2-3-17(25)24-7-4-15(11-16)18(14)24/h5,8,10-13H,2-4,6-7,9H2,1H3. The van der Waals surface area contributed by atoms with Gasteiger partial charge in [-0.1, -0.05) is 0 Å². The minimum absolute atomic E-state index is 0.267. The molecule has 1 amide bonds. The second-order valence-corrected chi connectivity index (χ2v) is 7.14. The quantitative estimate of drug-likeness (QED) is 0.859. The Kier molecular flexibility index (Phi) is 3.04. The molecule has 1 aromatic carbocycles. The van der Waals surface area contributed by atoms with E-state index in [2.05, 4.69) is 38.5 Å². The molecule has 1 unspecified atom stereocenters. The van der Waals surface area contributed by atoms with Crippen LogP contribution in [0.2, 0.25) is 0 Å². The molecule has 5 rings (SSSR count). The summed E-state index contributed by atoms with van der Waals surface area (Å²) in [6.07, 6.45) is 10.1. The summed E-state index contributed by atoms with van der Waals surface area (Å²) >= 11 is 0. The molecule has 25 heavy (non-hydrogen) atoms. The third kappa shape index (κ3) is 2.00. The van der Waals surface area contributed by atoms with Crippen LogP contribution in [-0.2, 0) is 23.3 Å². The van der Waals surface area contributed by atoms with E-state index >= 15 is 0 Å². The maximum absolute atomic E-state index is 12.2. The highest BCUT2D eigenvalue weighted by atomic mass is 16.2. The van der Waals surface area contributed by atoms with Gasteiger partial charge in [-0.25, -0.2) is 4.98 Å². The van der Waals surface area contributed by atoms with Crippen LogP contribution in [-0.4, -0.2) is 46.3 Å². The highest BCUT2D eigenvalue weighted by molar-refractivity contribution is 5.98. The number of amides is 1. The lowest BCUT2D eigenvalue weighted by atomic mass is 9.90. The van der Waals surface area contributed by atoms with E-state index in [4.69, 9.17) is 0 Å². The van der Waals surface area contributed by atoms with Crippen LogP contribution in [0.4, 0.5) is 5.69 Å². The van der Waals surface area contributed by atoms with Gasteiger partial charge < -0.3 is 14.4 Å². The number of anilines is 1. The molecule has 128 valence electrons. The number of aromatic nitrogens is 2. The third-order valence-electron chi connectivity index (χ3n) is 5.86. The maximum Gasteiger partial charge on any atom is 0.227 e. The van der Waals surface area contributed by atoms with E-state index in [0.717, 1.165) is 32.5 Å². The second kappa shape index (κ2) is 5.18. The molecule has 2 aromatic rings. The van der Waals surface area contributed by atoms with E-state index in [0.29, 0.717) is 6.42 Å². The van der Waals surface area contributed by atoms with E-state index in [1.165, 1.54) is 22.4 Å². The van der Waals surface area contributed by atoms with Crippen molar-refractivity contribution in [3.8, 4) is 0 Å². The number of rotatable bonds is 3. The highest BCUT2D eigenvalue weighted by Gasteiger charge is 2.39. The van der Waals surface area contributed by atoms with Gasteiger partial charge >= 0.3 is 0 Å². The predicted octanol–water partition coefficient (Wildman–Crippen LogP) is 1.78. The van der Waals surface area contributed by atoms with Crippen molar-refractivity contribution in [2.75, 3.05) is 24.5 Å². The fraction of sp³-hybridized carbons (Fsp3) is 0.421. The Hall–Kier alpha value is -2.63. The molecule has 0 radical (unpaired) electrons. The molecule has 0 fully saturated rings. The predicted molar refractivity (Wildman–Crippen MR) is 95.9 cm³/mol. The number of benzene rings is 1. The molecule has 3 aliphatic heterocycles. The van der Waals surface area contributed by atoms with Gasteiger partial charge in [0.05, 0.1) is 24.9 Å². The van der Waals surface area contributed by atoms with Gasteiger partial charge in [-0.05, 0) is 48.6 Å². The number of hydrogen-bond acceptors (Lipinski definition) is 4. The second-order valence-electron chi connectivity index (χ2n) is 7.14. The van der Waals surface area contributed by atoms with Crippen molar-refractivity contribution in [1.82, 2.24) is 14.5 Å². The Balaban J connectivity index is 1.69. The lowest BCUT2D eigenvalue weighted by molar-refractivity contribution is -0.118. The van der Waals surface area contributed by atoms with E-state index in [9.17, 15) is 4.79 Å². The summed E-state index contributed by atoms with van der Waals surface area (Å²) in [5, 5.41) is 0. The van der Waals surface area contributed by atoms with E-state index in [1.54, 1.807) is 0 Å². The fourth-order valence-corrected chi connectivity index (χ4v) is 4.42. The molecule has 0 saturated carbocycles. The van der Waals surface area contributed by atoms with Crippen molar-refractivity contribution in [3.63, 3.8) is 0 Å². The van der Waals surface area contributed by atoms with Gasteiger partial charge in [0.1, 0.15) is 5.66 Å². The molecule has 0 saturated heterocycles. The Morgan fingerprint density at radius 1 is 1.12 bits per heavy atom.